The van der Waals surface area contributed by atoms with E-state index < -0.39 is 0 Å². The van der Waals surface area contributed by atoms with Crippen molar-refractivity contribution in [2.45, 2.75) is 20.5 Å². The number of aryl methyl sites for hydroxylation is 1. The highest BCUT2D eigenvalue weighted by atomic mass is 79.9. The molecule has 0 spiro atoms. The molecule has 1 aromatic heterocycles. The van der Waals surface area contributed by atoms with Crippen molar-refractivity contribution < 1.29 is 9.53 Å². The quantitative estimate of drug-likeness (QED) is 0.340. The first-order chi connectivity index (χ1) is 13.9. The molecule has 5 nitrogen and oxygen atoms in total. The molecule has 0 fully saturated rings. The van der Waals surface area contributed by atoms with Crippen LogP contribution in [0.15, 0.2) is 75.0 Å². The van der Waals surface area contributed by atoms with E-state index in [9.17, 15) is 4.79 Å². The minimum atomic E-state index is -0.273. The number of nitrogens with zero attached hydrogens (tertiary/aromatic N) is 2. The number of aromatic nitrogens is 1. The molecule has 0 aliphatic heterocycles. The summed E-state index contributed by atoms with van der Waals surface area (Å²) in [5.74, 6) is 0.474. The maximum atomic E-state index is 12.3. The van der Waals surface area contributed by atoms with Crippen LogP contribution in [0.2, 0.25) is 0 Å². The predicted octanol–water partition coefficient (Wildman–Crippen LogP) is 5.65. The Bertz CT molecular complexity index is 1010. The van der Waals surface area contributed by atoms with E-state index in [0.29, 0.717) is 17.9 Å². The number of ether oxygens (including phenoxy) is 1. The minimum Gasteiger partial charge on any atom is -0.487 e. The van der Waals surface area contributed by atoms with Crippen LogP contribution in [-0.2, 0) is 6.61 Å². The number of rotatable bonds is 6. The van der Waals surface area contributed by atoms with Crippen LogP contribution in [0.4, 0.5) is 0 Å². The molecule has 0 atom stereocenters. The van der Waals surface area contributed by atoms with Crippen LogP contribution in [0.5, 0.6) is 5.75 Å². The van der Waals surface area contributed by atoms with Gasteiger partial charge in [-0.15, -0.1) is 0 Å². The van der Waals surface area contributed by atoms with Crippen LogP contribution >= 0.6 is 31.9 Å². The maximum absolute atomic E-state index is 12.3. The number of halogens is 2. The zero-order valence-electron chi connectivity index (χ0n) is 15.9. The summed E-state index contributed by atoms with van der Waals surface area (Å²) in [6.45, 7) is 4.23. The largest absolute Gasteiger partial charge is 0.487 e. The molecular weight excluding hydrogens is 498 g/mol. The van der Waals surface area contributed by atoms with Gasteiger partial charge in [-0.3, -0.25) is 9.78 Å². The van der Waals surface area contributed by atoms with Gasteiger partial charge in [0.05, 0.1) is 14.7 Å². The van der Waals surface area contributed by atoms with E-state index in [1.165, 1.54) is 0 Å². The van der Waals surface area contributed by atoms with Crippen molar-refractivity contribution >= 4 is 43.5 Å². The lowest BCUT2D eigenvalue weighted by atomic mass is 10.1. The minimum absolute atomic E-state index is 0.273. The fourth-order valence-corrected chi connectivity index (χ4v) is 4.22. The van der Waals surface area contributed by atoms with Crippen LogP contribution in [0.25, 0.3) is 0 Å². The molecule has 7 heteroatoms. The molecule has 0 radical (unpaired) electrons. The number of hydrazone groups is 1. The van der Waals surface area contributed by atoms with E-state index in [1.54, 1.807) is 24.5 Å². The Morgan fingerprint density at radius 1 is 1.10 bits per heavy atom. The second kappa shape index (κ2) is 9.80. The summed E-state index contributed by atoms with van der Waals surface area (Å²) in [6, 6.07) is 14.9. The molecule has 29 heavy (non-hydrogen) atoms. The maximum Gasteiger partial charge on any atom is 0.271 e. The van der Waals surface area contributed by atoms with Gasteiger partial charge in [0.2, 0.25) is 0 Å². The van der Waals surface area contributed by atoms with Gasteiger partial charge < -0.3 is 4.74 Å². The van der Waals surface area contributed by atoms with Crippen LogP contribution < -0.4 is 10.2 Å². The summed E-state index contributed by atoms with van der Waals surface area (Å²) in [4.78, 5) is 16.4. The molecule has 3 aromatic rings. The van der Waals surface area contributed by atoms with Gasteiger partial charge in [0.1, 0.15) is 12.4 Å². The summed E-state index contributed by atoms with van der Waals surface area (Å²) in [7, 11) is 0. The molecule has 0 aliphatic carbocycles. The molecule has 1 N–H and O–H groups in total. The molecule has 0 saturated heterocycles. The molecule has 0 unspecified atom stereocenters. The molecule has 0 aliphatic rings. The summed E-state index contributed by atoms with van der Waals surface area (Å²) in [5.41, 5.74) is 6.72. The first-order valence-corrected chi connectivity index (χ1v) is 10.4. The van der Waals surface area contributed by atoms with Crippen LogP contribution in [-0.4, -0.2) is 16.6 Å². The summed E-state index contributed by atoms with van der Waals surface area (Å²) in [5, 5.41) is 4.14. The molecular formula is C22H19Br2N3O2. The second-order valence-corrected chi connectivity index (χ2v) is 8.13. The van der Waals surface area contributed by atoms with E-state index in [0.717, 1.165) is 31.4 Å². The number of benzene rings is 2. The van der Waals surface area contributed by atoms with Crippen LogP contribution in [0.1, 0.15) is 34.0 Å². The summed E-state index contributed by atoms with van der Waals surface area (Å²) in [6.07, 6.45) is 3.39. The number of nitrogens with one attached hydrogen (secondary N) is 1. The number of hydrogen-bond donors (Lipinski definition) is 1. The average Bonchev–Trinajstić information content (AvgIpc) is 2.72. The van der Waals surface area contributed by atoms with E-state index >= 15 is 0 Å². The molecule has 2 aromatic carbocycles. The molecule has 0 saturated carbocycles. The Labute approximate surface area is 186 Å². The third kappa shape index (κ3) is 5.74. The Balaban J connectivity index is 1.60. The van der Waals surface area contributed by atoms with E-state index in [4.69, 9.17) is 4.74 Å². The van der Waals surface area contributed by atoms with Crippen molar-refractivity contribution in [2.75, 3.05) is 0 Å². The van der Waals surface area contributed by atoms with Gasteiger partial charge in [0, 0.05) is 23.5 Å². The third-order valence-corrected chi connectivity index (χ3v) is 5.32. The van der Waals surface area contributed by atoms with Crippen molar-refractivity contribution in [2.24, 2.45) is 5.10 Å². The number of pyridine rings is 1. The van der Waals surface area contributed by atoms with E-state index in [1.807, 2.05) is 50.2 Å². The number of amides is 1. The Hall–Kier alpha value is -2.51. The standard InChI is InChI=1S/C22H19Br2N3O2/c1-14-10-19(23)21(20(24)11-14)29-13-16-5-7-17(8-6-16)22(28)27-26-15(2)18-4-3-9-25-12-18/h3-12H,13H2,1-2H3,(H,27,28)/b26-15+. The lowest BCUT2D eigenvalue weighted by molar-refractivity contribution is 0.0955. The molecule has 148 valence electrons. The van der Waals surface area contributed by atoms with Crippen molar-refractivity contribution in [3.63, 3.8) is 0 Å². The van der Waals surface area contributed by atoms with Gasteiger partial charge in [-0.1, -0.05) is 18.2 Å². The number of carbonyl (C=O) groups excluding carboxylic acids is 1. The highest BCUT2D eigenvalue weighted by Crippen LogP contribution is 2.35. The van der Waals surface area contributed by atoms with Crippen molar-refractivity contribution in [1.29, 1.82) is 0 Å². The fourth-order valence-electron chi connectivity index (χ4n) is 2.57. The Morgan fingerprint density at radius 2 is 1.79 bits per heavy atom. The van der Waals surface area contributed by atoms with Gasteiger partial charge >= 0.3 is 0 Å². The van der Waals surface area contributed by atoms with Gasteiger partial charge in [-0.25, -0.2) is 5.43 Å². The topological polar surface area (TPSA) is 63.6 Å². The van der Waals surface area contributed by atoms with Crippen LogP contribution in [0, 0.1) is 6.92 Å². The van der Waals surface area contributed by atoms with Gasteiger partial charge in [0.15, 0.2) is 0 Å². The molecule has 1 amide bonds. The van der Waals surface area contributed by atoms with E-state index in [-0.39, 0.29) is 5.91 Å². The highest BCUT2D eigenvalue weighted by Gasteiger charge is 2.09. The summed E-state index contributed by atoms with van der Waals surface area (Å²) >= 11 is 7.05. The first-order valence-electron chi connectivity index (χ1n) is 8.86. The number of hydrogen-bond acceptors (Lipinski definition) is 4. The second-order valence-electron chi connectivity index (χ2n) is 6.42. The van der Waals surface area contributed by atoms with Crippen molar-refractivity contribution in [3.05, 3.63) is 92.1 Å². The van der Waals surface area contributed by atoms with Gasteiger partial charge in [0.25, 0.3) is 5.91 Å². The zero-order valence-corrected chi connectivity index (χ0v) is 19.1. The van der Waals surface area contributed by atoms with Gasteiger partial charge in [-0.2, -0.15) is 5.10 Å². The molecule has 3 rings (SSSR count). The average molecular weight is 517 g/mol. The monoisotopic (exact) mass is 515 g/mol. The fraction of sp³-hybridized carbons (Fsp3) is 0.136. The Morgan fingerprint density at radius 3 is 2.41 bits per heavy atom. The predicted molar refractivity (Wildman–Crippen MR) is 121 cm³/mol. The number of carbonyl (C=O) groups is 1. The molecule has 1 heterocycles. The van der Waals surface area contributed by atoms with Crippen LogP contribution in [0.3, 0.4) is 0 Å². The third-order valence-electron chi connectivity index (χ3n) is 4.15. The highest BCUT2D eigenvalue weighted by molar-refractivity contribution is 9.11. The van der Waals surface area contributed by atoms with Gasteiger partial charge in [-0.05, 0) is 87.2 Å². The lowest BCUT2D eigenvalue weighted by Gasteiger charge is -2.11. The lowest BCUT2D eigenvalue weighted by Crippen LogP contribution is -2.19. The Kier molecular flexibility index (Phi) is 7.17. The molecule has 0 bridgehead atoms. The summed E-state index contributed by atoms with van der Waals surface area (Å²) < 4.78 is 7.70. The smallest absolute Gasteiger partial charge is 0.271 e. The zero-order chi connectivity index (χ0) is 20.8. The van der Waals surface area contributed by atoms with Crippen molar-refractivity contribution in [1.82, 2.24) is 10.4 Å². The SMILES string of the molecule is C/C(=N\NC(=O)c1ccc(COc2c(Br)cc(C)cc2Br)cc1)c1cccnc1. The van der Waals surface area contributed by atoms with E-state index in [2.05, 4.69) is 47.4 Å². The normalized spacial score (nSPS) is 11.2. The first kappa shape index (κ1) is 21.2. The van der Waals surface area contributed by atoms with Crippen molar-refractivity contribution in [3.8, 4) is 5.75 Å².